The molecule has 0 bridgehead atoms. The molecular weight excluding hydrogens is 331 g/mol. The molecule has 0 spiro atoms. The van der Waals surface area contributed by atoms with Crippen molar-refractivity contribution in [1.29, 1.82) is 0 Å². The quantitative estimate of drug-likeness (QED) is 0.782. The highest BCUT2D eigenvalue weighted by Crippen LogP contribution is 2.35. The van der Waals surface area contributed by atoms with Crippen LogP contribution in [0.25, 0.3) is 27.5 Å². The first kappa shape index (κ1) is 16.6. The molecule has 0 unspecified atom stereocenters. The summed E-state index contributed by atoms with van der Waals surface area (Å²) < 4.78 is 38.8. The summed E-state index contributed by atoms with van der Waals surface area (Å²) in [5.74, 6) is -0.588. The first-order valence-electron chi connectivity index (χ1n) is 7.20. The van der Waals surface area contributed by atoms with Crippen LogP contribution in [0.2, 0.25) is 0 Å². The van der Waals surface area contributed by atoms with Gasteiger partial charge in [0, 0.05) is 16.3 Å². The molecule has 0 fully saturated rings. The number of carbonyl (C=O) groups is 1. The number of allylic oxidation sites excluding steroid dienone is 1. The summed E-state index contributed by atoms with van der Waals surface area (Å²) >= 11 is 0. The van der Waals surface area contributed by atoms with Crippen LogP contribution in [0.4, 0.5) is 13.2 Å². The van der Waals surface area contributed by atoms with E-state index in [0.29, 0.717) is 22.1 Å². The summed E-state index contributed by atoms with van der Waals surface area (Å²) in [6.07, 6.45) is -3.24. The largest absolute Gasteiger partial charge is 0.418 e. The third-order valence-electron chi connectivity index (χ3n) is 3.79. The van der Waals surface area contributed by atoms with Gasteiger partial charge >= 0.3 is 6.18 Å². The summed E-state index contributed by atoms with van der Waals surface area (Å²) in [7, 11) is 0. The number of rotatable bonds is 3. The Morgan fingerprint density at radius 3 is 2.52 bits per heavy atom. The summed E-state index contributed by atoms with van der Waals surface area (Å²) in [4.78, 5) is 11.6. The molecule has 2 N–H and O–H groups in total. The minimum absolute atomic E-state index is 0.276. The van der Waals surface area contributed by atoms with Gasteiger partial charge < -0.3 is 5.73 Å². The van der Waals surface area contributed by atoms with Crippen LogP contribution in [0.5, 0.6) is 0 Å². The van der Waals surface area contributed by atoms with Crippen LogP contribution in [0.3, 0.4) is 0 Å². The molecule has 126 valence electrons. The van der Waals surface area contributed by atoms with E-state index < -0.39 is 17.7 Å². The van der Waals surface area contributed by atoms with Gasteiger partial charge in [-0.3, -0.25) is 4.79 Å². The van der Waals surface area contributed by atoms with E-state index in [1.54, 1.807) is 36.4 Å². The molecule has 0 aliphatic heterocycles. The lowest BCUT2D eigenvalue weighted by Crippen LogP contribution is -2.12. The topological polar surface area (TPSA) is 68.9 Å². The molecule has 0 aliphatic rings. The van der Waals surface area contributed by atoms with Crippen LogP contribution >= 0.6 is 0 Å². The maximum atomic E-state index is 12.9. The summed E-state index contributed by atoms with van der Waals surface area (Å²) in [5, 5.41) is 7.94. The van der Waals surface area contributed by atoms with Gasteiger partial charge in [0.05, 0.1) is 11.8 Å². The number of nitrogens with zero attached hydrogens (tertiary/aromatic N) is 2. The van der Waals surface area contributed by atoms with Crippen molar-refractivity contribution in [3.63, 3.8) is 0 Å². The summed E-state index contributed by atoms with van der Waals surface area (Å²) in [6.45, 7) is 3.08. The standard InChI is InChI=1S/C18H12F3N3O/c1-10(18(19,20)21)16-14-7-6-11(8-12(14)9-23-24-16)13-4-2-3-5-15(13)17(22)25/h2-9H,1H2,(H2,22,25). The monoisotopic (exact) mass is 343 g/mol. The van der Waals surface area contributed by atoms with E-state index in [-0.39, 0.29) is 11.1 Å². The van der Waals surface area contributed by atoms with E-state index in [9.17, 15) is 18.0 Å². The Balaban J connectivity index is 2.18. The molecule has 7 heteroatoms. The van der Waals surface area contributed by atoms with E-state index in [0.717, 1.165) is 0 Å². The van der Waals surface area contributed by atoms with Crippen molar-refractivity contribution in [1.82, 2.24) is 10.2 Å². The molecule has 2 aromatic carbocycles. The normalized spacial score (nSPS) is 11.5. The molecule has 0 saturated heterocycles. The number of hydrogen-bond acceptors (Lipinski definition) is 3. The zero-order chi connectivity index (χ0) is 18.2. The zero-order valence-electron chi connectivity index (χ0n) is 12.8. The van der Waals surface area contributed by atoms with E-state index >= 15 is 0 Å². The molecule has 3 rings (SSSR count). The highest BCUT2D eigenvalue weighted by atomic mass is 19.4. The van der Waals surface area contributed by atoms with Crippen molar-refractivity contribution in [2.24, 2.45) is 5.73 Å². The van der Waals surface area contributed by atoms with Gasteiger partial charge in [-0.2, -0.15) is 18.3 Å². The molecule has 1 amide bonds. The number of hydrogen-bond donors (Lipinski definition) is 1. The lowest BCUT2D eigenvalue weighted by molar-refractivity contribution is -0.0688. The van der Waals surface area contributed by atoms with Crippen LogP contribution in [0, 0.1) is 0 Å². The molecule has 0 radical (unpaired) electrons. The predicted octanol–water partition coefficient (Wildman–Crippen LogP) is 3.97. The van der Waals surface area contributed by atoms with E-state index in [1.807, 2.05) is 0 Å². The fraction of sp³-hybridized carbons (Fsp3) is 0.0556. The van der Waals surface area contributed by atoms with Gasteiger partial charge in [0.1, 0.15) is 5.69 Å². The van der Waals surface area contributed by atoms with E-state index in [1.165, 1.54) is 12.3 Å². The zero-order valence-corrected chi connectivity index (χ0v) is 12.8. The first-order valence-corrected chi connectivity index (χ1v) is 7.20. The molecule has 0 aliphatic carbocycles. The molecule has 3 aromatic rings. The third-order valence-corrected chi connectivity index (χ3v) is 3.79. The van der Waals surface area contributed by atoms with E-state index in [2.05, 4.69) is 16.8 Å². The second-order valence-corrected chi connectivity index (χ2v) is 5.38. The Hall–Kier alpha value is -3.22. The highest BCUT2D eigenvalue weighted by molar-refractivity contribution is 6.01. The number of primary amides is 1. The molecule has 1 heterocycles. The van der Waals surface area contributed by atoms with Crippen LogP contribution in [0.15, 0.2) is 55.2 Å². The van der Waals surface area contributed by atoms with Crippen molar-refractivity contribution >= 4 is 22.3 Å². The summed E-state index contributed by atoms with van der Waals surface area (Å²) in [6, 6.07) is 11.5. The Bertz CT molecular complexity index is 996. The molecule has 25 heavy (non-hydrogen) atoms. The number of benzene rings is 2. The van der Waals surface area contributed by atoms with Crippen LogP contribution in [-0.2, 0) is 0 Å². The van der Waals surface area contributed by atoms with Crippen molar-refractivity contribution in [2.75, 3.05) is 0 Å². The molecule has 1 aromatic heterocycles. The number of alkyl halides is 3. The highest BCUT2D eigenvalue weighted by Gasteiger charge is 2.35. The smallest absolute Gasteiger partial charge is 0.366 e. The molecule has 0 saturated carbocycles. The Morgan fingerprint density at radius 1 is 1.12 bits per heavy atom. The van der Waals surface area contributed by atoms with Crippen LogP contribution in [-0.4, -0.2) is 22.3 Å². The van der Waals surface area contributed by atoms with Crippen molar-refractivity contribution < 1.29 is 18.0 Å². The second-order valence-electron chi connectivity index (χ2n) is 5.38. The Labute approximate surface area is 140 Å². The van der Waals surface area contributed by atoms with Crippen molar-refractivity contribution in [2.45, 2.75) is 6.18 Å². The molecular formula is C18H12F3N3O. The number of halogens is 3. The van der Waals surface area contributed by atoms with Crippen molar-refractivity contribution in [3.05, 3.63) is 66.5 Å². The minimum atomic E-state index is -4.60. The number of carbonyl (C=O) groups excluding carboxylic acids is 1. The van der Waals surface area contributed by atoms with Gasteiger partial charge in [0.2, 0.25) is 5.91 Å². The number of amides is 1. The minimum Gasteiger partial charge on any atom is -0.366 e. The average Bonchev–Trinajstić information content (AvgIpc) is 2.59. The fourth-order valence-electron chi connectivity index (χ4n) is 2.56. The lowest BCUT2D eigenvalue weighted by atomic mass is 9.96. The number of aromatic nitrogens is 2. The van der Waals surface area contributed by atoms with Gasteiger partial charge in [-0.05, 0) is 23.3 Å². The predicted molar refractivity (Wildman–Crippen MR) is 88.6 cm³/mol. The van der Waals surface area contributed by atoms with Crippen LogP contribution in [0.1, 0.15) is 16.1 Å². The molecule has 0 atom stereocenters. The van der Waals surface area contributed by atoms with Gasteiger partial charge in [0.25, 0.3) is 0 Å². The second kappa shape index (κ2) is 6.01. The number of nitrogens with two attached hydrogens (primary N) is 1. The number of fused-ring (bicyclic) bond motifs is 1. The van der Waals surface area contributed by atoms with Gasteiger partial charge in [-0.1, -0.05) is 36.9 Å². The van der Waals surface area contributed by atoms with Crippen molar-refractivity contribution in [3.8, 4) is 11.1 Å². The maximum absolute atomic E-state index is 12.9. The Kier molecular flexibility index (Phi) is 4.00. The van der Waals surface area contributed by atoms with Gasteiger partial charge in [-0.15, -0.1) is 5.10 Å². The fourth-order valence-corrected chi connectivity index (χ4v) is 2.56. The SMILES string of the molecule is C=C(c1nncc2cc(-c3ccccc3C(N)=O)ccc12)C(F)(F)F. The third kappa shape index (κ3) is 3.08. The first-order chi connectivity index (χ1) is 11.8. The summed E-state index contributed by atoms with van der Waals surface area (Å²) in [5.41, 5.74) is 5.55. The van der Waals surface area contributed by atoms with E-state index in [4.69, 9.17) is 5.73 Å². The lowest BCUT2D eigenvalue weighted by Gasteiger charge is -2.12. The van der Waals surface area contributed by atoms with Gasteiger partial charge in [0.15, 0.2) is 0 Å². The molecule has 4 nitrogen and oxygen atoms in total. The van der Waals surface area contributed by atoms with Crippen LogP contribution < -0.4 is 5.73 Å². The Morgan fingerprint density at radius 2 is 1.84 bits per heavy atom. The maximum Gasteiger partial charge on any atom is 0.418 e. The average molecular weight is 343 g/mol. The van der Waals surface area contributed by atoms with Gasteiger partial charge in [-0.25, -0.2) is 0 Å².